The summed E-state index contributed by atoms with van der Waals surface area (Å²) in [6, 6.07) is 1.98. The van der Waals surface area contributed by atoms with Crippen LogP contribution in [-0.4, -0.2) is 49.6 Å². The van der Waals surface area contributed by atoms with E-state index >= 15 is 0 Å². The summed E-state index contributed by atoms with van der Waals surface area (Å²) in [5, 5.41) is 13.5. The Balaban J connectivity index is 1.65. The number of fused-ring (bicyclic) bond motifs is 1. The quantitative estimate of drug-likeness (QED) is 0.825. The molecule has 0 saturated heterocycles. The zero-order valence-corrected chi connectivity index (χ0v) is 12.3. The Morgan fingerprint density at radius 1 is 1.38 bits per heavy atom. The van der Waals surface area contributed by atoms with E-state index < -0.39 is 0 Å². The number of hydrogen-bond donors (Lipinski definition) is 1. The monoisotopic (exact) mass is 291 g/mol. The Morgan fingerprint density at radius 2 is 2.29 bits per heavy atom. The summed E-state index contributed by atoms with van der Waals surface area (Å²) < 4.78 is 9.25. The minimum atomic E-state index is 0.00376. The molecule has 114 valence electrons. The molecule has 0 radical (unpaired) electrons. The smallest absolute Gasteiger partial charge is 0.0949 e. The maximum atomic E-state index is 9.17. The second kappa shape index (κ2) is 6.38. The van der Waals surface area contributed by atoms with Gasteiger partial charge in [-0.2, -0.15) is 5.10 Å². The van der Waals surface area contributed by atoms with Gasteiger partial charge >= 0.3 is 0 Å². The number of aromatic nitrogens is 4. The Labute approximate surface area is 123 Å². The molecule has 0 amide bonds. The third-order valence-electron chi connectivity index (χ3n) is 3.81. The van der Waals surface area contributed by atoms with Gasteiger partial charge in [-0.15, -0.1) is 0 Å². The number of nitrogens with zero attached hydrogens (tertiary/aromatic N) is 5. The number of ether oxygens (including phenoxy) is 1. The lowest BCUT2D eigenvalue weighted by Gasteiger charge is -2.27. The molecule has 0 spiro atoms. The highest BCUT2D eigenvalue weighted by atomic mass is 16.5. The summed E-state index contributed by atoms with van der Waals surface area (Å²) in [5.74, 6) is 0. The molecule has 1 aliphatic heterocycles. The predicted molar refractivity (Wildman–Crippen MR) is 76.4 cm³/mol. The summed E-state index contributed by atoms with van der Waals surface area (Å²) in [6.45, 7) is 5.05. The van der Waals surface area contributed by atoms with Gasteiger partial charge in [-0.1, -0.05) is 0 Å². The molecule has 1 N–H and O–H groups in total. The van der Waals surface area contributed by atoms with Crippen molar-refractivity contribution in [2.45, 2.75) is 32.8 Å². The van der Waals surface area contributed by atoms with Crippen LogP contribution in [0.5, 0.6) is 0 Å². The largest absolute Gasteiger partial charge is 0.390 e. The van der Waals surface area contributed by atoms with Gasteiger partial charge in [-0.25, -0.2) is 4.98 Å². The molecule has 7 heteroatoms. The molecule has 2 aromatic rings. The zero-order chi connectivity index (χ0) is 14.7. The van der Waals surface area contributed by atoms with Crippen molar-refractivity contribution < 1.29 is 9.84 Å². The van der Waals surface area contributed by atoms with Crippen molar-refractivity contribution in [3.8, 4) is 0 Å². The van der Waals surface area contributed by atoms with E-state index in [2.05, 4.69) is 19.5 Å². The fourth-order valence-electron chi connectivity index (χ4n) is 2.69. The van der Waals surface area contributed by atoms with Crippen LogP contribution in [0, 0.1) is 0 Å². The molecular formula is C14H21N5O2. The molecule has 7 nitrogen and oxygen atoms in total. The molecule has 1 aliphatic rings. The molecule has 0 fully saturated rings. The van der Waals surface area contributed by atoms with Gasteiger partial charge in [0.1, 0.15) is 0 Å². The molecule has 0 aliphatic carbocycles. The standard InChI is InChI=1S/C14H21N5O2/c1-21-5-4-18-11-15-7-14(18)9-17-2-3-19-13(8-17)6-12(10-20)16-19/h6-7,11,20H,2-5,8-10H2,1H3. The van der Waals surface area contributed by atoms with Crippen LogP contribution in [0.3, 0.4) is 0 Å². The number of aliphatic hydroxyl groups is 1. The molecule has 0 atom stereocenters. The second-order valence-corrected chi connectivity index (χ2v) is 5.29. The highest BCUT2D eigenvalue weighted by Crippen LogP contribution is 2.16. The van der Waals surface area contributed by atoms with Crippen LogP contribution < -0.4 is 0 Å². The minimum Gasteiger partial charge on any atom is -0.390 e. The molecule has 2 aromatic heterocycles. The number of aliphatic hydroxyl groups excluding tert-OH is 1. The van der Waals surface area contributed by atoms with Crippen molar-refractivity contribution in [1.82, 2.24) is 24.2 Å². The van der Waals surface area contributed by atoms with Crippen LogP contribution >= 0.6 is 0 Å². The van der Waals surface area contributed by atoms with Gasteiger partial charge < -0.3 is 14.4 Å². The summed E-state index contributed by atoms with van der Waals surface area (Å²) in [4.78, 5) is 6.61. The summed E-state index contributed by atoms with van der Waals surface area (Å²) in [5.41, 5.74) is 3.10. The lowest BCUT2D eigenvalue weighted by atomic mass is 10.2. The van der Waals surface area contributed by atoms with Crippen LogP contribution in [0.1, 0.15) is 17.1 Å². The van der Waals surface area contributed by atoms with Gasteiger partial charge in [-0.05, 0) is 6.07 Å². The van der Waals surface area contributed by atoms with Crippen molar-refractivity contribution in [1.29, 1.82) is 0 Å². The van der Waals surface area contributed by atoms with Gasteiger partial charge in [-0.3, -0.25) is 9.58 Å². The topological polar surface area (TPSA) is 68.3 Å². The molecule has 0 bridgehead atoms. The Morgan fingerprint density at radius 3 is 3.10 bits per heavy atom. The van der Waals surface area contributed by atoms with E-state index in [1.165, 1.54) is 5.69 Å². The van der Waals surface area contributed by atoms with Gasteiger partial charge in [0, 0.05) is 39.5 Å². The second-order valence-electron chi connectivity index (χ2n) is 5.29. The fourth-order valence-corrected chi connectivity index (χ4v) is 2.69. The summed E-state index contributed by atoms with van der Waals surface area (Å²) >= 11 is 0. The highest BCUT2D eigenvalue weighted by Gasteiger charge is 2.19. The van der Waals surface area contributed by atoms with Crippen molar-refractivity contribution in [3.63, 3.8) is 0 Å². The van der Waals surface area contributed by atoms with Crippen LogP contribution in [0.15, 0.2) is 18.6 Å². The average Bonchev–Trinajstić information content (AvgIpc) is 3.11. The molecule has 3 heterocycles. The molecule has 0 saturated carbocycles. The van der Waals surface area contributed by atoms with Gasteiger partial charge in [0.2, 0.25) is 0 Å². The van der Waals surface area contributed by atoms with Crippen molar-refractivity contribution in [2.24, 2.45) is 0 Å². The molecule has 21 heavy (non-hydrogen) atoms. The van der Waals surface area contributed by atoms with Gasteiger partial charge in [0.05, 0.1) is 43.2 Å². The van der Waals surface area contributed by atoms with Gasteiger partial charge in [0.25, 0.3) is 0 Å². The predicted octanol–water partition coefficient (Wildman–Crippen LogP) is 0.234. The maximum Gasteiger partial charge on any atom is 0.0949 e. The number of rotatable bonds is 6. The fraction of sp³-hybridized carbons (Fsp3) is 0.571. The molecule has 0 aromatic carbocycles. The third kappa shape index (κ3) is 3.15. The minimum absolute atomic E-state index is 0.00376. The van der Waals surface area contributed by atoms with E-state index in [9.17, 15) is 0 Å². The van der Waals surface area contributed by atoms with Crippen LogP contribution in [0.2, 0.25) is 0 Å². The Kier molecular flexibility index (Phi) is 4.33. The van der Waals surface area contributed by atoms with E-state index in [1.807, 2.05) is 23.3 Å². The first-order valence-electron chi connectivity index (χ1n) is 7.17. The first kappa shape index (κ1) is 14.2. The zero-order valence-electron chi connectivity index (χ0n) is 12.3. The van der Waals surface area contributed by atoms with Crippen LogP contribution in [0.25, 0.3) is 0 Å². The molecule has 0 unspecified atom stereocenters. The lowest BCUT2D eigenvalue weighted by Crippen LogP contribution is -2.34. The van der Waals surface area contributed by atoms with Gasteiger partial charge in [0.15, 0.2) is 0 Å². The van der Waals surface area contributed by atoms with Crippen LogP contribution in [0.4, 0.5) is 0 Å². The van der Waals surface area contributed by atoms with E-state index in [1.54, 1.807) is 7.11 Å². The number of methoxy groups -OCH3 is 1. The Hall–Kier alpha value is -1.70. The third-order valence-corrected chi connectivity index (χ3v) is 3.81. The first-order valence-corrected chi connectivity index (χ1v) is 7.17. The summed E-state index contributed by atoms with van der Waals surface area (Å²) in [6.07, 6.45) is 3.77. The number of imidazole rings is 1. The van der Waals surface area contributed by atoms with E-state index in [4.69, 9.17) is 9.84 Å². The van der Waals surface area contributed by atoms with Crippen LogP contribution in [-0.2, 0) is 37.5 Å². The van der Waals surface area contributed by atoms with E-state index in [0.29, 0.717) is 6.61 Å². The van der Waals surface area contributed by atoms with Crippen molar-refractivity contribution in [3.05, 3.63) is 35.7 Å². The molecular weight excluding hydrogens is 270 g/mol. The Bertz CT molecular complexity index is 592. The normalized spacial score (nSPS) is 15.3. The summed E-state index contributed by atoms with van der Waals surface area (Å²) in [7, 11) is 1.71. The van der Waals surface area contributed by atoms with E-state index in [-0.39, 0.29) is 6.61 Å². The average molecular weight is 291 g/mol. The number of hydrogen-bond acceptors (Lipinski definition) is 5. The SMILES string of the molecule is COCCn1cncc1CN1CCn2nc(CO)cc2C1. The first-order chi connectivity index (χ1) is 10.3. The van der Waals surface area contributed by atoms with E-state index in [0.717, 1.165) is 44.1 Å². The maximum absolute atomic E-state index is 9.17. The van der Waals surface area contributed by atoms with Crippen molar-refractivity contribution in [2.75, 3.05) is 20.3 Å². The highest BCUT2D eigenvalue weighted by molar-refractivity contribution is 5.11. The molecule has 3 rings (SSSR count). The lowest BCUT2D eigenvalue weighted by molar-refractivity contribution is 0.178. The van der Waals surface area contributed by atoms with Crippen molar-refractivity contribution >= 4 is 0 Å².